The normalized spacial score (nSPS) is 34.5. The predicted octanol–water partition coefficient (Wildman–Crippen LogP) is 5.27. The average molecular weight is 298 g/mol. The summed E-state index contributed by atoms with van der Waals surface area (Å²) in [5, 5.41) is 0. The lowest BCUT2D eigenvalue weighted by Gasteiger charge is -2.55. The first-order valence-corrected chi connectivity index (χ1v) is 8.27. The number of carbonyl (C=O) groups excluding carboxylic acids is 1. The van der Waals surface area contributed by atoms with Gasteiger partial charge < -0.3 is 4.42 Å². The third-order valence-corrected chi connectivity index (χ3v) is 5.86. The van der Waals surface area contributed by atoms with E-state index in [0.29, 0.717) is 11.7 Å². The molecule has 1 fully saturated rings. The monoisotopic (exact) mass is 298 g/mol. The van der Waals surface area contributed by atoms with Crippen LogP contribution in [0.25, 0.3) is 6.08 Å². The Hall–Kier alpha value is -1.57. The van der Waals surface area contributed by atoms with Gasteiger partial charge in [0.2, 0.25) is 0 Å². The van der Waals surface area contributed by atoms with Crippen LogP contribution in [0.2, 0.25) is 0 Å². The van der Waals surface area contributed by atoms with Gasteiger partial charge in [0.05, 0.1) is 12.5 Å². The third kappa shape index (κ3) is 2.39. The maximum atomic E-state index is 12.7. The van der Waals surface area contributed by atoms with Gasteiger partial charge in [-0.15, -0.1) is 0 Å². The zero-order valence-electron chi connectivity index (χ0n) is 14.1. The van der Waals surface area contributed by atoms with E-state index in [1.165, 1.54) is 12.0 Å². The summed E-state index contributed by atoms with van der Waals surface area (Å²) in [5.41, 5.74) is 2.39. The molecule has 1 aromatic heterocycles. The summed E-state index contributed by atoms with van der Waals surface area (Å²) < 4.78 is 5.14. The van der Waals surface area contributed by atoms with Crippen LogP contribution in [0.15, 0.2) is 40.7 Å². The molecule has 0 bridgehead atoms. The number of carbonyl (C=O) groups is 1. The van der Waals surface area contributed by atoms with Gasteiger partial charge in [0, 0.05) is 17.4 Å². The van der Waals surface area contributed by atoms with Crippen LogP contribution < -0.4 is 0 Å². The van der Waals surface area contributed by atoms with Crippen molar-refractivity contribution >= 4 is 11.9 Å². The second-order valence-electron chi connectivity index (χ2n) is 7.97. The summed E-state index contributed by atoms with van der Waals surface area (Å²) in [6.45, 7) is 8.94. The largest absolute Gasteiger partial charge is 0.472 e. The van der Waals surface area contributed by atoms with Crippen molar-refractivity contribution in [1.82, 2.24) is 0 Å². The Labute approximate surface area is 133 Å². The van der Waals surface area contributed by atoms with E-state index in [1.807, 2.05) is 12.1 Å². The molecular formula is C20H26O2. The number of fused-ring (bicyclic) bond motifs is 1. The zero-order valence-corrected chi connectivity index (χ0v) is 14.1. The topological polar surface area (TPSA) is 30.2 Å². The molecule has 0 radical (unpaired) electrons. The Kier molecular flexibility index (Phi) is 3.66. The molecule has 2 aliphatic carbocycles. The van der Waals surface area contributed by atoms with Crippen LogP contribution >= 0.6 is 0 Å². The molecule has 1 aromatic rings. The Morgan fingerprint density at radius 2 is 2.05 bits per heavy atom. The number of ketones is 1. The van der Waals surface area contributed by atoms with Crippen LogP contribution in [0.5, 0.6) is 0 Å². The number of allylic oxidation sites excluding steroid dienone is 3. The molecule has 118 valence electrons. The quantitative estimate of drug-likeness (QED) is 0.744. The van der Waals surface area contributed by atoms with Crippen LogP contribution in [0.1, 0.15) is 52.5 Å². The smallest absolute Gasteiger partial charge is 0.159 e. The first-order valence-electron chi connectivity index (χ1n) is 8.27. The maximum Gasteiger partial charge on any atom is 0.159 e. The van der Waals surface area contributed by atoms with Crippen molar-refractivity contribution in [1.29, 1.82) is 0 Å². The minimum atomic E-state index is 0.0257. The van der Waals surface area contributed by atoms with Crippen LogP contribution in [0, 0.1) is 22.7 Å². The standard InChI is InChI=1S/C20H26O2/c1-14-12-17(21)18-19(2,3)9-5-10-20(18,4)16(14)7-6-15-8-11-22-13-15/h6-8,11-13,16,18H,5,9-10H2,1-4H3/b7-6-/t16-,18-,20+/m0/s1. The second-order valence-corrected chi connectivity index (χ2v) is 7.97. The number of furan rings is 1. The molecule has 3 atom stereocenters. The lowest BCUT2D eigenvalue weighted by atomic mass is 9.48. The van der Waals surface area contributed by atoms with E-state index in [1.54, 1.807) is 12.5 Å². The maximum absolute atomic E-state index is 12.7. The van der Waals surface area contributed by atoms with E-state index in [0.717, 1.165) is 18.4 Å². The number of rotatable bonds is 2. The van der Waals surface area contributed by atoms with Gasteiger partial charge in [-0.05, 0) is 42.7 Å². The highest BCUT2D eigenvalue weighted by molar-refractivity contribution is 5.95. The van der Waals surface area contributed by atoms with Crippen molar-refractivity contribution in [3.05, 3.63) is 41.9 Å². The summed E-state index contributed by atoms with van der Waals surface area (Å²) in [4.78, 5) is 12.7. The van der Waals surface area contributed by atoms with Crippen molar-refractivity contribution in [2.24, 2.45) is 22.7 Å². The van der Waals surface area contributed by atoms with Crippen molar-refractivity contribution in [3.8, 4) is 0 Å². The summed E-state index contributed by atoms with van der Waals surface area (Å²) in [5.74, 6) is 0.777. The molecule has 2 aliphatic rings. The van der Waals surface area contributed by atoms with Crippen molar-refractivity contribution in [2.75, 3.05) is 0 Å². The lowest BCUT2D eigenvalue weighted by Crippen LogP contribution is -2.52. The Morgan fingerprint density at radius 1 is 1.27 bits per heavy atom. The molecule has 1 saturated carbocycles. The Morgan fingerprint density at radius 3 is 2.73 bits per heavy atom. The molecule has 0 amide bonds. The van der Waals surface area contributed by atoms with Gasteiger partial charge in [0.15, 0.2) is 5.78 Å². The summed E-state index contributed by atoms with van der Waals surface area (Å²) in [6.07, 6.45) is 13.2. The number of hydrogen-bond donors (Lipinski definition) is 0. The predicted molar refractivity (Wildman–Crippen MR) is 89.2 cm³/mol. The first kappa shape index (κ1) is 15.3. The van der Waals surface area contributed by atoms with Crippen LogP contribution in [0.3, 0.4) is 0 Å². The molecule has 2 nitrogen and oxygen atoms in total. The second kappa shape index (κ2) is 5.26. The summed E-state index contributed by atoms with van der Waals surface area (Å²) >= 11 is 0. The Bertz CT molecular complexity index is 618. The van der Waals surface area contributed by atoms with Gasteiger partial charge in [0.25, 0.3) is 0 Å². The molecule has 0 aliphatic heterocycles. The highest BCUT2D eigenvalue weighted by atomic mass is 16.3. The first-order chi connectivity index (χ1) is 10.3. The van der Waals surface area contributed by atoms with E-state index < -0.39 is 0 Å². The van der Waals surface area contributed by atoms with Gasteiger partial charge in [-0.25, -0.2) is 0 Å². The average Bonchev–Trinajstić information content (AvgIpc) is 2.89. The molecule has 1 heterocycles. The molecule has 0 aromatic carbocycles. The van der Waals surface area contributed by atoms with Gasteiger partial charge >= 0.3 is 0 Å². The molecule has 2 heteroatoms. The molecule has 0 N–H and O–H groups in total. The third-order valence-electron chi connectivity index (χ3n) is 5.86. The van der Waals surface area contributed by atoms with E-state index in [4.69, 9.17) is 4.42 Å². The summed E-state index contributed by atoms with van der Waals surface area (Å²) in [6, 6.07) is 1.97. The van der Waals surface area contributed by atoms with E-state index in [9.17, 15) is 4.79 Å². The van der Waals surface area contributed by atoms with E-state index >= 15 is 0 Å². The van der Waals surface area contributed by atoms with Crippen molar-refractivity contribution in [2.45, 2.75) is 47.0 Å². The Balaban J connectivity index is 2.01. The SMILES string of the molecule is CC1=CC(=O)[C@H]2C(C)(C)CCC[C@]2(C)[C@H]1/C=C\c1ccoc1. The van der Waals surface area contributed by atoms with Gasteiger partial charge in [0.1, 0.15) is 0 Å². The van der Waals surface area contributed by atoms with Crippen molar-refractivity contribution < 1.29 is 9.21 Å². The lowest BCUT2D eigenvalue weighted by molar-refractivity contribution is -0.134. The fraction of sp³-hybridized carbons (Fsp3) is 0.550. The van der Waals surface area contributed by atoms with Crippen LogP contribution in [-0.4, -0.2) is 5.78 Å². The number of hydrogen-bond acceptors (Lipinski definition) is 2. The molecule has 3 rings (SSSR count). The zero-order chi connectivity index (χ0) is 16.0. The fourth-order valence-corrected chi connectivity index (χ4v) is 5.02. The molecule has 0 saturated heterocycles. The minimum absolute atomic E-state index is 0.0257. The fourth-order valence-electron chi connectivity index (χ4n) is 5.02. The minimum Gasteiger partial charge on any atom is -0.472 e. The highest BCUT2D eigenvalue weighted by Gasteiger charge is 2.54. The molecule has 0 spiro atoms. The molecule has 0 unspecified atom stereocenters. The molecular weight excluding hydrogens is 272 g/mol. The van der Waals surface area contributed by atoms with Crippen LogP contribution in [-0.2, 0) is 4.79 Å². The molecule has 22 heavy (non-hydrogen) atoms. The van der Waals surface area contributed by atoms with Gasteiger partial charge in [-0.1, -0.05) is 44.9 Å². The van der Waals surface area contributed by atoms with Gasteiger partial charge in [-0.3, -0.25) is 4.79 Å². The van der Waals surface area contributed by atoms with E-state index in [2.05, 4.69) is 39.8 Å². The van der Waals surface area contributed by atoms with Crippen LogP contribution in [0.4, 0.5) is 0 Å². The van der Waals surface area contributed by atoms with E-state index in [-0.39, 0.29) is 16.7 Å². The van der Waals surface area contributed by atoms with Gasteiger partial charge in [-0.2, -0.15) is 0 Å². The highest BCUT2D eigenvalue weighted by Crippen LogP contribution is 2.58. The van der Waals surface area contributed by atoms with Crippen molar-refractivity contribution in [3.63, 3.8) is 0 Å². The summed E-state index contributed by atoms with van der Waals surface area (Å²) in [7, 11) is 0.